The summed E-state index contributed by atoms with van der Waals surface area (Å²) in [6.07, 6.45) is 3.76. The minimum absolute atomic E-state index is 0. The van der Waals surface area contributed by atoms with Gasteiger partial charge < -0.3 is 10.4 Å². The number of nitrogens with zero attached hydrogens (tertiary/aromatic N) is 2. The lowest BCUT2D eigenvalue weighted by Crippen LogP contribution is -2.16. The molecule has 0 atom stereocenters. The number of aliphatic hydroxyl groups excluding tert-OH is 1. The minimum Gasteiger partial charge on any atom is -0.395 e. The summed E-state index contributed by atoms with van der Waals surface area (Å²) in [5, 5.41) is 15.5. The lowest BCUT2D eigenvalue weighted by atomic mass is 10.3. The molecule has 6 heteroatoms. The zero-order valence-corrected chi connectivity index (χ0v) is 9.07. The number of aromatic nitrogens is 2. The molecule has 0 bridgehead atoms. The summed E-state index contributed by atoms with van der Waals surface area (Å²) in [4.78, 5) is 0. The van der Waals surface area contributed by atoms with E-state index < -0.39 is 0 Å². The Kier molecular flexibility index (Phi) is 9.72. The first-order valence-corrected chi connectivity index (χ1v) is 3.62. The van der Waals surface area contributed by atoms with Gasteiger partial charge in [-0.15, -0.1) is 24.8 Å². The first-order valence-electron chi connectivity index (χ1n) is 3.62. The van der Waals surface area contributed by atoms with Gasteiger partial charge in [-0.2, -0.15) is 5.10 Å². The fourth-order valence-corrected chi connectivity index (χ4v) is 0.875. The fraction of sp³-hybridized carbons (Fsp3) is 0.571. The van der Waals surface area contributed by atoms with Crippen molar-refractivity contribution >= 4 is 24.8 Å². The van der Waals surface area contributed by atoms with Crippen LogP contribution in [0.4, 0.5) is 0 Å². The van der Waals surface area contributed by atoms with Gasteiger partial charge in [-0.3, -0.25) is 4.68 Å². The number of aryl methyl sites for hydroxylation is 1. The predicted molar refractivity (Wildman–Crippen MR) is 56.5 cm³/mol. The highest BCUT2D eigenvalue weighted by Gasteiger charge is 1.93. The van der Waals surface area contributed by atoms with E-state index in [4.69, 9.17) is 5.11 Å². The van der Waals surface area contributed by atoms with Crippen LogP contribution in [0.1, 0.15) is 5.56 Å². The first-order chi connectivity index (χ1) is 5.33. The third-order valence-electron chi connectivity index (χ3n) is 1.38. The van der Waals surface area contributed by atoms with Gasteiger partial charge in [-0.05, 0) is 0 Å². The Morgan fingerprint density at radius 2 is 2.23 bits per heavy atom. The summed E-state index contributed by atoms with van der Waals surface area (Å²) in [5.74, 6) is 0. The van der Waals surface area contributed by atoms with Gasteiger partial charge in [0.15, 0.2) is 0 Å². The van der Waals surface area contributed by atoms with Gasteiger partial charge in [0.1, 0.15) is 0 Å². The third-order valence-corrected chi connectivity index (χ3v) is 1.38. The van der Waals surface area contributed by atoms with E-state index in [1.54, 1.807) is 4.68 Å². The second kappa shape index (κ2) is 8.31. The van der Waals surface area contributed by atoms with E-state index in [0.717, 1.165) is 12.1 Å². The van der Waals surface area contributed by atoms with Crippen molar-refractivity contribution in [1.29, 1.82) is 0 Å². The van der Waals surface area contributed by atoms with Gasteiger partial charge in [-0.1, -0.05) is 0 Å². The van der Waals surface area contributed by atoms with Crippen molar-refractivity contribution in [1.82, 2.24) is 15.1 Å². The molecule has 0 unspecified atom stereocenters. The minimum atomic E-state index is 0. The molecule has 0 aliphatic heterocycles. The van der Waals surface area contributed by atoms with Gasteiger partial charge in [0.2, 0.25) is 0 Å². The Labute approximate surface area is 90.1 Å². The zero-order valence-electron chi connectivity index (χ0n) is 7.43. The average molecular weight is 228 g/mol. The van der Waals surface area contributed by atoms with Crippen molar-refractivity contribution in [3.63, 3.8) is 0 Å². The average Bonchev–Trinajstić information content (AvgIpc) is 2.37. The highest BCUT2D eigenvalue weighted by Crippen LogP contribution is 1.93. The number of hydrogen-bond donors (Lipinski definition) is 2. The smallest absolute Gasteiger partial charge is 0.0556 e. The lowest BCUT2D eigenvalue weighted by molar-refractivity contribution is 0.292. The molecule has 0 saturated carbocycles. The van der Waals surface area contributed by atoms with Crippen LogP contribution in [0.15, 0.2) is 12.4 Å². The molecule has 1 aromatic heterocycles. The van der Waals surface area contributed by atoms with Crippen LogP contribution in [0.3, 0.4) is 0 Å². The molecule has 1 aromatic rings. The summed E-state index contributed by atoms with van der Waals surface area (Å²) in [6.45, 7) is 1.59. The van der Waals surface area contributed by atoms with Crippen LogP contribution < -0.4 is 5.32 Å². The van der Waals surface area contributed by atoms with Crippen molar-refractivity contribution < 1.29 is 5.11 Å². The monoisotopic (exact) mass is 227 g/mol. The quantitative estimate of drug-likeness (QED) is 0.731. The van der Waals surface area contributed by atoms with Gasteiger partial charge in [0.05, 0.1) is 12.8 Å². The van der Waals surface area contributed by atoms with E-state index in [0.29, 0.717) is 6.54 Å². The number of aliphatic hydroxyl groups is 1. The molecular formula is C7H15Cl2N3O. The number of hydrogen-bond acceptors (Lipinski definition) is 3. The van der Waals surface area contributed by atoms with E-state index in [1.807, 2.05) is 19.4 Å². The van der Waals surface area contributed by atoms with E-state index >= 15 is 0 Å². The highest BCUT2D eigenvalue weighted by molar-refractivity contribution is 5.85. The molecule has 0 aromatic carbocycles. The molecule has 0 aliphatic carbocycles. The lowest BCUT2D eigenvalue weighted by Gasteiger charge is -1.97. The molecule has 0 aliphatic rings. The van der Waals surface area contributed by atoms with Crippen LogP contribution in [-0.4, -0.2) is 28.0 Å². The molecule has 4 nitrogen and oxygen atoms in total. The molecule has 13 heavy (non-hydrogen) atoms. The summed E-state index contributed by atoms with van der Waals surface area (Å²) in [7, 11) is 1.88. The second-order valence-corrected chi connectivity index (χ2v) is 2.42. The Bertz CT molecular complexity index is 217. The van der Waals surface area contributed by atoms with Crippen LogP contribution in [0.5, 0.6) is 0 Å². The molecule has 0 amide bonds. The first kappa shape index (κ1) is 15.2. The Morgan fingerprint density at radius 1 is 1.54 bits per heavy atom. The SMILES string of the molecule is Cl.Cl.Cn1cc(CNCCO)cn1. The normalized spacial score (nSPS) is 8.77. The second-order valence-electron chi connectivity index (χ2n) is 2.42. The molecular weight excluding hydrogens is 213 g/mol. The van der Waals surface area contributed by atoms with E-state index in [1.165, 1.54) is 0 Å². The highest BCUT2D eigenvalue weighted by atomic mass is 35.5. The molecule has 1 rings (SSSR count). The van der Waals surface area contributed by atoms with Gasteiger partial charge in [0.25, 0.3) is 0 Å². The predicted octanol–water partition coefficient (Wildman–Crippen LogP) is 0.346. The van der Waals surface area contributed by atoms with E-state index in [9.17, 15) is 0 Å². The maximum atomic E-state index is 8.47. The van der Waals surface area contributed by atoms with Crippen molar-refractivity contribution in [3.05, 3.63) is 18.0 Å². The van der Waals surface area contributed by atoms with Crippen molar-refractivity contribution in [2.75, 3.05) is 13.2 Å². The summed E-state index contributed by atoms with van der Waals surface area (Å²) >= 11 is 0. The van der Waals surface area contributed by atoms with Crippen molar-refractivity contribution in [2.45, 2.75) is 6.54 Å². The summed E-state index contributed by atoms with van der Waals surface area (Å²) in [6, 6.07) is 0. The molecule has 0 spiro atoms. The van der Waals surface area contributed by atoms with Gasteiger partial charge >= 0.3 is 0 Å². The maximum absolute atomic E-state index is 8.47. The molecule has 0 fully saturated rings. The summed E-state index contributed by atoms with van der Waals surface area (Å²) < 4.78 is 1.76. The fourth-order valence-electron chi connectivity index (χ4n) is 0.875. The number of nitrogens with one attached hydrogen (secondary N) is 1. The van der Waals surface area contributed by atoms with Crippen LogP contribution in [0, 0.1) is 0 Å². The number of halogens is 2. The van der Waals surface area contributed by atoms with Crippen LogP contribution in [0.2, 0.25) is 0 Å². The van der Waals surface area contributed by atoms with E-state index in [-0.39, 0.29) is 31.4 Å². The topological polar surface area (TPSA) is 50.1 Å². The summed E-state index contributed by atoms with van der Waals surface area (Å²) in [5.41, 5.74) is 1.14. The van der Waals surface area contributed by atoms with E-state index in [2.05, 4.69) is 10.4 Å². The Balaban J connectivity index is 0. The standard InChI is InChI=1S/C7H13N3O.2ClH/c1-10-6-7(5-9-10)4-8-2-3-11;;/h5-6,8,11H,2-4H2,1H3;2*1H. The molecule has 0 radical (unpaired) electrons. The Hall–Kier alpha value is -0.290. The van der Waals surface area contributed by atoms with Gasteiger partial charge in [-0.25, -0.2) is 0 Å². The van der Waals surface area contributed by atoms with Gasteiger partial charge in [0, 0.05) is 31.9 Å². The molecule has 0 saturated heterocycles. The number of rotatable bonds is 4. The third kappa shape index (κ3) is 5.87. The molecule has 78 valence electrons. The maximum Gasteiger partial charge on any atom is 0.0556 e. The van der Waals surface area contributed by atoms with Crippen molar-refractivity contribution in [2.24, 2.45) is 7.05 Å². The zero-order chi connectivity index (χ0) is 8.10. The van der Waals surface area contributed by atoms with Crippen LogP contribution in [0.25, 0.3) is 0 Å². The Morgan fingerprint density at radius 3 is 2.69 bits per heavy atom. The van der Waals surface area contributed by atoms with Crippen LogP contribution >= 0.6 is 24.8 Å². The molecule has 2 N–H and O–H groups in total. The molecule has 1 heterocycles. The van der Waals surface area contributed by atoms with Crippen LogP contribution in [-0.2, 0) is 13.6 Å². The van der Waals surface area contributed by atoms with Crippen molar-refractivity contribution in [3.8, 4) is 0 Å². The largest absolute Gasteiger partial charge is 0.395 e.